The van der Waals surface area contributed by atoms with Crippen molar-refractivity contribution < 1.29 is 0 Å². The van der Waals surface area contributed by atoms with Gasteiger partial charge in [-0.1, -0.05) is 49.4 Å². The van der Waals surface area contributed by atoms with E-state index < -0.39 is 0 Å². The zero-order valence-corrected chi connectivity index (χ0v) is 8.53. The Bertz CT molecular complexity index is 246. The molecule has 13 heavy (non-hydrogen) atoms. The van der Waals surface area contributed by atoms with Crippen molar-refractivity contribution in [2.24, 2.45) is 5.92 Å². The first-order chi connectivity index (χ1) is 6.33. The average molecular weight is 174 g/mol. The van der Waals surface area contributed by atoms with Crippen molar-refractivity contribution in [3.8, 4) is 0 Å². The second kappa shape index (κ2) is 5.58. The fourth-order valence-electron chi connectivity index (χ4n) is 1.46. The van der Waals surface area contributed by atoms with Gasteiger partial charge in [0.2, 0.25) is 0 Å². The molecule has 0 heteroatoms. The molecule has 0 heterocycles. The first-order valence-corrected chi connectivity index (χ1v) is 4.99. The van der Waals surface area contributed by atoms with Crippen LogP contribution in [0.1, 0.15) is 25.8 Å². The van der Waals surface area contributed by atoms with Crippen molar-refractivity contribution >= 4 is 0 Å². The third kappa shape index (κ3) is 3.93. The molecule has 1 aromatic rings. The van der Waals surface area contributed by atoms with E-state index in [0.29, 0.717) is 5.92 Å². The number of aryl methyl sites for hydroxylation is 1. The van der Waals surface area contributed by atoms with E-state index in [0.717, 1.165) is 0 Å². The van der Waals surface area contributed by atoms with Gasteiger partial charge < -0.3 is 0 Å². The SMILES string of the molecule is C/C=C/C(C)CCc1ccccc1. The Labute approximate surface area is 81.3 Å². The zero-order chi connectivity index (χ0) is 9.52. The van der Waals surface area contributed by atoms with E-state index in [-0.39, 0.29) is 0 Å². The molecule has 0 fully saturated rings. The lowest BCUT2D eigenvalue weighted by atomic mass is 10.0. The van der Waals surface area contributed by atoms with Crippen LogP contribution in [0.5, 0.6) is 0 Å². The largest absolute Gasteiger partial charge is 0.0914 e. The minimum atomic E-state index is 0.699. The summed E-state index contributed by atoms with van der Waals surface area (Å²) in [4.78, 5) is 0. The maximum atomic E-state index is 2.27. The van der Waals surface area contributed by atoms with Crippen molar-refractivity contribution in [1.82, 2.24) is 0 Å². The van der Waals surface area contributed by atoms with Crippen molar-refractivity contribution in [1.29, 1.82) is 0 Å². The number of allylic oxidation sites excluding steroid dienone is 2. The minimum Gasteiger partial charge on any atom is -0.0914 e. The quantitative estimate of drug-likeness (QED) is 0.608. The molecular formula is C13H18. The Morgan fingerprint density at radius 1 is 1.23 bits per heavy atom. The highest BCUT2D eigenvalue weighted by molar-refractivity contribution is 5.14. The van der Waals surface area contributed by atoms with Crippen LogP contribution in [-0.4, -0.2) is 0 Å². The van der Waals surface area contributed by atoms with Crippen LogP contribution in [0.25, 0.3) is 0 Å². The molecule has 0 nitrogen and oxygen atoms in total. The molecule has 0 saturated heterocycles. The van der Waals surface area contributed by atoms with Gasteiger partial charge >= 0.3 is 0 Å². The van der Waals surface area contributed by atoms with Gasteiger partial charge in [-0.25, -0.2) is 0 Å². The van der Waals surface area contributed by atoms with Gasteiger partial charge in [0.1, 0.15) is 0 Å². The lowest BCUT2D eigenvalue weighted by molar-refractivity contribution is 0.647. The Morgan fingerprint density at radius 3 is 2.54 bits per heavy atom. The van der Waals surface area contributed by atoms with Crippen molar-refractivity contribution in [3.05, 3.63) is 48.0 Å². The standard InChI is InChI=1S/C13H18/c1-3-7-12(2)10-11-13-8-5-4-6-9-13/h3-9,12H,10-11H2,1-2H3/b7-3+. The molecule has 70 valence electrons. The van der Waals surface area contributed by atoms with Gasteiger partial charge in [0.15, 0.2) is 0 Å². The third-order valence-electron chi connectivity index (χ3n) is 2.25. The molecule has 0 N–H and O–H groups in total. The predicted octanol–water partition coefficient (Wildman–Crippen LogP) is 3.83. The van der Waals surface area contributed by atoms with Crippen LogP contribution in [0, 0.1) is 5.92 Å². The average Bonchev–Trinajstić information content (AvgIpc) is 2.17. The molecule has 0 aliphatic rings. The van der Waals surface area contributed by atoms with Crippen molar-refractivity contribution in [2.45, 2.75) is 26.7 Å². The first kappa shape index (κ1) is 10.0. The molecule has 0 aliphatic carbocycles. The maximum absolute atomic E-state index is 2.27. The molecule has 0 aliphatic heterocycles. The fourth-order valence-corrected chi connectivity index (χ4v) is 1.46. The minimum absolute atomic E-state index is 0.699. The van der Waals surface area contributed by atoms with Crippen LogP contribution in [0.2, 0.25) is 0 Å². The van der Waals surface area contributed by atoms with E-state index in [4.69, 9.17) is 0 Å². The van der Waals surface area contributed by atoms with E-state index in [1.165, 1.54) is 18.4 Å². The number of hydrogen-bond acceptors (Lipinski definition) is 0. The Morgan fingerprint density at radius 2 is 1.92 bits per heavy atom. The summed E-state index contributed by atoms with van der Waals surface area (Å²) in [5, 5.41) is 0. The highest BCUT2D eigenvalue weighted by Gasteiger charge is 1.97. The molecular weight excluding hydrogens is 156 g/mol. The molecule has 1 atom stereocenters. The van der Waals surface area contributed by atoms with Crippen LogP contribution >= 0.6 is 0 Å². The van der Waals surface area contributed by atoms with E-state index in [2.05, 4.69) is 56.3 Å². The number of benzene rings is 1. The van der Waals surface area contributed by atoms with Gasteiger partial charge in [-0.3, -0.25) is 0 Å². The summed E-state index contributed by atoms with van der Waals surface area (Å²) in [5.41, 5.74) is 1.44. The highest BCUT2D eigenvalue weighted by Crippen LogP contribution is 2.10. The smallest absolute Gasteiger partial charge is 0.0259 e. The molecule has 0 radical (unpaired) electrons. The molecule has 1 aromatic carbocycles. The maximum Gasteiger partial charge on any atom is -0.0259 e. The van der Waals surface area contributed by atoms with Gasteiger partial charge in [-0.05, 0) is 31.2 Å². The Kier molecular flexibility index (Phi) is 4.31. The predicted molar refractivity (Wildman–Crippen MR) is 58.7 cm³/mol. The second-order valence-corrected chi connectivity index (χ2v) is 3.53. The highest BCUT2D eigenvalue weighted by atomic mass is 14.0. The topological polar surface area (TPSA) is 0 Å². The van der Waals surface area contributed by atoms with Gasteiger partial charge in [0.25, 0.3) is 0 Å². The molecule has 1 rings (SSSR count). The van der Waals surface area contributed by atoms with Gasteiger partial charge in [0, 0.05) is 0 Å². The lowest BCUT2D eigenvalue weighted by Crippen LogP contribution is -1.93. The number of rotatable bonds is 4. The third-order valence-corrected chi connectivity index (χ3v) is 2.25. The fraction of sp³-hybridized carbons (Fsp3) is 0.385. The van der Waals surface area contributed by atoms with Crippen LogP contribution in [0.15, 0.2) is 42.5 Å². The summed E-state index contributed by atoms with van der Waals surface area (Å²) in [6.07, 6.45) is 6.83. The monoisotopic (exact) mass is 174 g/mol. The van der Waals surface area contributed by atoms with Crippen molar-refractivity contribution in [2.75, 3.05) is 0 Å². The summed E-state index contributed by atoms with van der Waals surface area (Å²) >= 11 is 0. The van der Waals surface area contributed by atoms with Gasteiger partial charge in [-0.15, -0.1) is 0 Å². The summed E-state index contributed by atoms with van der Waals surface area (Å²) in [6.45, 7) is 4.35. The van der Waals surface area contributed by atoms with Gasteiger partial charge in [-0.2, -0.15) is 0 Å². The molecule has 0 amide bonds. The first-order valence-electron chi connectivity index (χ1n) is 4.99. The molecule has 0 spiro atoms. The van der Waals surface area contributed by atoms with Gasteiger partial charge in [0.05, 0.1) is 0 Å². The normalized spacial score (nSPS) is 13.4. The Hall–Kier alpha value is -1.04. The van der Waals surface area contributed by atoms with E-state index in [9.17, 15) is 0 Å². The Balaban J connectivity index is 2.35. The lowest BCUT2D eigenvalue weighted by Gasteiger charge is -2.05. The van der Waals surface area contributed by atoms with Crippen LogP contribution in [0.4, 0.5) is 0 Å². The summed E-state index contributed by atoms with van der Waals surface area (Å²) in [5.74, 6) is 0.699. The van der Waals surface area contributed by atoms with Crippen LogP contribution < -0.4 is 0 Å². The summed E-state index contributed by atoms with van der Waals surface area (Å²) < 4.78 is 0. The molecule has 0 bridgehead atoms. The second-order valence-electron chi connectivity index (χ2n) is 3.53. The molecule has 0 saturated carbocycles. The molecule has 1 unspecified atom stereocenters. The van der Waals surface area contributed by atoms with E-state index in [1.54, 1.807) is 0 Å². The summed E-state index contributed by atoms with van der Waals surface area (Å²) in [6, 6.07) is 10.7. The summed E-state index contributed by atoms with van der Waals surface area (Å²) in [7, 11) is 0. The van der Waals surface area contributed by atoms with Crippen LogP contribution in [0.3, 0.4) is 0 Å². The van der Waals surface area contributed by atoms with Crippen LogP contribution in [-0.2, 0) is 6.42 Å². The van der Waals surface area contributed by atoms with Crippen molar-refractivity contribution in [3.63, 3.8) is 0 Å². The zero-order valence-electron chi connectivity index (χ0n) is 8.53. The molecule has 0 aromatic heterocycles. The number of hydrogen-bond donors (Lipinski definition) is 0. The van der Waals surface area contributed by atoms with E-state index in [1.807, 2.05) is 0 Å². The van der Waals surface area contributed by atoms with E-state index >= 15 is 0 Å².